The van der Waals surface area contributed by atoms with Crippen LogP contribution in [0.3, 0.4) is 0 Å². The molecule has 30 heavy (non-hydrogen) atoms. The Morgan fingerprint density at radius 2 is 2.00 bits per heavy atom. The molecule has 0 radical (unpaired) electrons. The molecule has 4 rings (SSSR count). The molecule has 1 amide bonds. The first-order valence-electron chi connectivity index (χ1n) is 9.42. The van der Waals surface area contributed by atoms with E-state index >= 15 is 0 Å². The Morgan fingerprint density at radius 1 is 1.23 bits per heavy atom. The zero-order valence-electron chi connectivity index (χ0n) is 16.5. The highest BCUT2D eigenvalue weighted by atomic mass is 32.1. The molecule has 0 bridgehead atoms. The number of halogens is 2. The molecule has 2 aromatic carbocycles. The maximum atomic E-state index is 14.4. The predicted molar refractivity (Wildman–Crippen MR) is 110 cm³/mol. The number of carbonyl (C=O) groups excluding carboxylic acids is 1. The zero-order chi connectivity index (χ0) is 21.3. The number of anilines is 1. The summed E-state index contributed by atoms with van der Waals surface area (Å²) < 4.78 is 44.9. The van der Waals surface area contributed by atoms with Gasteiger partial charge in [-0.3, -0.25) is 9.69 Å². The Labute approximate surface area is 176 Å². The van der Waals surface area contributed by atoms with Crippen molar-refractivity contribution < 1.29 is 27.8 Å². The molecule has 1 atom stereocenters. The van der Waals surface area contributed by atoms with Gasteiger partial charge in [0.15, 0.2) is 5.13 Å². The highest BCUT2D eigenvalue weighted by Gasteiger charge is 2.29. The topological polar surface area (TPSA) is 60.9 Å². The van der Waals surface area contributed by atoms with Gasteiger partial charge in [-0.15, -0.1) is 0 Å². The maximum Gasteiger partial charge on any atom is 0.263 e. The van der Waals surface area contributed by atoms with Crippen molar-refractivity contribution in [3.8, 4) is 11.5 Å². The van der Waals surface area contributed by atoms with Gasteiger partial charge in [0.05, 0.1) is 32.4 Å². The lowest BCUT2D eigenvalue weighted by Crippen LogP contribution is -2.38. The van der Waals surface area contributed by atoms with Crippen LogP contribution in [0, 0.1) is 11.6 Å². The molecule has 0 aliphatic carbocycles. The van der Waals surface area contributed by atoms with Crippen LogP contribution in [0.4, 0.5) is 13.9 Å². The fourth-order valence-corrected chi connectivity index (χ4v) is 4.52. The van der Waals surface area contributed by atoms with E-state index < -0.39 is 17.5 Å². The van der Waals surface area contributed by atoms with E-state index in [1.165, 1.54) is 23.3 Å². The number of ether oxygens (including phenoxy) is 3. The van der Waals surface area contributed by atoms with Crippen molar-refractivity contribution in [2.24, 2.45) is 0 Å². The maximum absolute atomic E-state index is 14.4. The van der Waals surface area contributed by atoms with E-state index in [0.717, 1.165) is 25.0 Å². The molecule has 6 nitrogen and oxygen atoms in total. The van der Waals surface area contributed by atoms with Crippen LogP contribution in [0.2, 0.25) is 0 Å². The third-order valence-electron chi connectivity index (χ3n) is 4.95. The first-order valence-corrected chi connectivity index (χ1v) is 10.2. The summed E-state index contributed by atoms with van der Waals surface area (Å²) in [6, 6.07) is 6.39. The summed E-state index contributed by atoms with van der Waals surface area (Å²) in [5.74, 6) is -1.16. The summed E-state index contributed by atoms with van der Waals surface area (Å²) in [5, 5.41) is 0.358. The van der Waals surface area contributed by atoms with E-state index in [0.29, 0.717) is 39.5 Å². The monoisotopic (exact) mass is 434 g/mol. The van der Waals surface area contributed by atoms with E-state index in [9.17, 15) is 13.6 Å². The summed E-state index contributed by atoms with van der Waals surface area (Å²) in [6.07, 6.45) is 1.49. The van der Waals surface area contributed by atoms with Crippen molar-refractivity contribution in [2.75, 3.05) is 32.3 Å². The lowest BCUT2D eigenvalue weighted by Gasteiger charge is -2.23. The summed E-state index contributed by atoms with van der Waals surface area (Å²) in [5.41, 5.74) is 0.314. The van der Waals surface area contributed by atoms with Gasteiger partial charge in [-0.1, -0.05) is 11.3 Å². The number of carbonyl (C=O) groups is 1. The Bertz CT molecular complexity index is 1040. The first kappa shape index (κ1) is 20.5. The fourth-order valence-electron chi connectivity index (χ4n) is 3.44. The highest BCUT2D eigenvalue weighted by Crippen LogP contribution is 2.40. The number of amides is 1. The second kappa shape index (κ2) is 8.53. The van der Waals surface area contributed by atoms with Gasteiger partial charge in [-0.2, -0.15) is 0 Å². The van der Waals surface area contributed by atoms with Gasteiger partial charge in [-0.05, 0) is 37.1 Å². The van der Waals surface area contributed by atoms with Crippen LogP contribution in [0.1, 0.15) is 23.2 Å². The molecule has 9 heteroatoms. The number of hydrogen-bond donors (Lipinski definition) is 0. The number of methoxy groups -OCH3 is 2. The SMILES string of the molecule is COc1ccc(OC)c2sc(N(CC3CCCO3)C(=O)c3ccc(F)cc3F)nc12. The van der Waals surface area contributed by atoms with Crippen molar-refractivity contribution in [1.29, 1.82) is 0 Å². The number of hydrogen-bond acceptors (Lipinski definition) is 6. The van der Waals surface area contributed by atoms with Gasteiger partial charge < -0.3 is 14.2 Å². The van der Waals surface area contributed by atoms with E-state index in [4.69, 9.17) is 14.2 Å². The molecule has 0 saturated carbocycles. The third-order valence-corrected chi connectivity index (χ3v) is 6.04. The normalized spacial score (nSPS) is 16.1. The summed E-state index contributed by atoms with van der Waals surface area (Å²) >= 11 is 1.24. The molecule has 2 heterocycles. The zero-order valence-corrected chi connectivity index (χ0v) is 17.3. The molecule has 1 unspecified atom stereocenters. The number of nitrogens with zero attached hydrogens (tertiary/aromatic N) is 2. The van der Waals surface area contributed by atoms with Gasteiger partial charge in [0, 0.05) is 12.7 Å². The third kappa shape index (κ3) is 3.82. The minimum absolute atomic E-state index is 0.187. The molecule has 1 saturated heterocycles. The Hall–Kier alpha value is -2.78. The van der Waals surface area contributed by atoms with Crippen LogP contribution in [-0.4, -0.2) is 44.4 Å². The standard InChI is InChI=1S/C21H20F2N2O4S/c1-27-16-7-8-17(28-2)19-18(16)24-21(30-19)25(11-13-4-3-9-29-13)20(26)14-6-5-12(22)10-15(14)23/h5-8,10,13H,3-4,9,11H2,1-2H3. The lowest BCUT2D eigenvalue weighted by molar-refractivity contribution is 0.0914. The second-order valence-corrected chi connectivity index (χ2v) is 7.80. The molecule has 0 spiro atoms. The van der Waals surface area contributed by atoms with Crippen LogP contribution < -0.4 is 14.4 Å². The van der Waals surface area contributed by atoms with Gasteiger partial charge in [0.2, 0.25) is 0 Å². The van der Waals surface area contributed by atoms with Crippen molar-refractivity contribution in [3.63, 3.8) is 0 Å². The summed E-state index contributed by atoms with van der Waals surface area (Å²) in [6.45, 7) is 0.819. The highest BCUT2D eigenvalue weighted by molar-refractivity contribution is 7.22. The van der Waals surface area contributed by atoms with Crippen LogP contribution >= 0.6 is 11.3 Å². The Morgan fingerprint density at radius 3 is 2.67 bits per heavy atom. The van der Waals surface area contributed by atoms with Crippen LogP contribution in [0.5, 0.6) is 11.5 Å². The van der Waals surface area contributed by atoms with Crippen molar-refractivity contribution >= 4 is 32.6 Å². The van der Waals surface area contributed by atoms with E-state index in [-0.39, 0.29) is 18.2 Å². The summed E-state index contributed by atoms with van der Waals surface area (Å²) in [7, 11) is 3.08. The lowest BCUT2D eigenvalue weighted by atomic mass is 10.1. The Kier molecular flexibility index (Phi) is 5.83. The van der Waals surface area contributed by atoms with E-state index in [1.54, 1.807) is 19.2 Å². The quantitative estimate of drug-likeness (QED) is 0.575. The largest absolute Gasteiger partial charge is 0.495 e. The van der Waals surface area contributed by atoms with Crippen LogP contribution in [-0.2, 0) is 4.74 Å². The van der Waals surface area contributed by atoms with Gasteiger partial charge in [0.25, 0.3) is 5.91 Å². The molecule has 1 aromatic heterocycles. The smallest absolute Gasteiger partial charge is 0.263 e. The molecular weight excluding hydrogens is 414 g/mol. The van der Waals surface area contributed by atoms with Gasteiger partial charge in [0.1, 0.15) is 33.4 Å². The first-order chi connectivity index (χ1) is 14.5. The minimum Gasteiger partial charge on any atom is -0.495 e. The number of fused-ring (bicyclic) bond motifs is 1. The summed E-state index contributed by atoms with van der Waals surface area (Å²) in [4.78, 5) is 19.2. The number of thiazole rings is 1. The molecule has 1 aliphatic rings. The average Bonchev–Trinajstić information content (AvgIpc) is 3.40. The molecule has 3 aromatic rings. The van der Waals surface area contributed by atoms with Crippen LogP contribution in [0.15, 0.2) is 30.3 Å². The van der Waals surface area contributed by atoms with Crippen molar-refractivity contribution in [2.45, 2.75) is 18.9 Å². The number of rotatable bonds is 6. The Balaban J connectivity index is 1.80. The number of aromatic nitrogens is 1. The molecule has 0 N–H and O–H groups in total. The molecule has 1 aliphatic heterocycles. The predicted octanol–water partition coefficient (Wildman–Crippen LogP) is 4.42. The fraction of sp³-hybridized carbons (Fsp3) is 0.333. The minimum atomic E-state index is -0.923. The number of benzene rings is 2. The molecular formula is C21H20F2N2O4S. The van der Waals surface area contributed by atoms with Crippen molar-refractivity contribution in [3.05, 3.63) is 47.5 Å². The van der Waals surface area contributed by atoms with E-state index in [1.807, 2.05) is 0 Å². The van der Waals surface area contributed by atoms with E-state index in [2.05, 4.69) is 4.98 Å². The molecule has 1 fully saturated rings. The van der Waals surface area contributed by atoms with Crippen molar-refractivity contribution in [1.82, 2.24) is 4.98 Å². The van der Waals surface area contributed by atoms with Crippen LogP contribution in [0.25, 0.3) is 10.2 Å². The van der Waals surface area contributed by atoms with Gasteiger partial charge >= 0.3 is 0 Å². The van der Waals surface area contributed by atoms with Gasteiger partial charge in [-0.25, -0.2) is 13.8 Å². The average molecular weight is 434 g/mol. The molecule has 158 valence electrons. The second-order valence-electron chi connectivity index (χ2n) is 6.82.